The number of hydrogen-bond donors (Lipinski definition) is 1. The van der Waals surface area contributed by atoms with E-state index in [1.807, 2.05) is 32.0 Å². The number of fused-ring (bicyclic) bond motifs is 1. The van der Waals surface area contributed by atoms with Crippen LogP contribution >= 0.6 is 11.6 Å². The maximum Gasteiger partial charge on any atom is 0.340 e. The molecule has 1 heterocycles. The summed E-state index contributed by atoms with van der Waals surface area (Å²) in [6.45, 7) is 3.83. The number of aromatic hydroxyl groups is 1. The van der Waals surface area contributed by atoms with Crippen LogP contribution in [0.15, 0.2) is 45.6 Å². The van der Waals surface area contributed by atoms with E-state index in [1.165, 1.54) is 6.07 Å². The van der Waals surface area contributed by atoms with Crippen molar-refractivity contribution in [1.29, 1.82) is 0 Å². The fraction of sp³-hybridized carbons (Fsp3) is 0.167. The summed E-state index contributed by atoms with van der Waals surface area (Å²) in [7, 11) is 0. The van der Waals surface area contributed by atoms with Gasteiger partial charge in [-0.3, -0.25) is 0 Å². The van der Waals surface area contributed by atoms with E-state index in [2.05, 4.69) is 0 Å². The summed E-state index contributed by atoms with van der Waals surface area (Å²) in [5.74, 6) is 0.0770. The van der Waals surface area contributed by atoms with E-state index < -0.39 is 0 Å². The van der Waals surface area contributed by atoms with E-state index in [1.54, 1.807) is 12.1 Å². The molecule has 1 N–H and O–H groups in total. The van der Waals surface area contributed by atoms with Gasteiger partial charge in [-0.1, -0.05) is 23.7 Å². The molecule has 0 bridgehead atoms. The highest BCUT2D eigenvalue weighted by atomic mass is 35.5. The van der Waals surface area contributed by atoms with E-state index in [0.29, 0.717) is 22.6 Å². The van der Waals surface area contributed by atoms with Crippen LogP contribution in [0.5, 0.6) is 5.75 Å². The van der Waals surface area contributed by atoms with E-state index in [-0.39, 0.29) is 11.4 Å². The number of hydrogen-bond acceptors (Lipinski definition) is 3. The maximum atomic E-state index is 12.2. The quantitative estimate of drug-likeness (QED) is 0.715. The summed E-state index contributed by atoms with van der Waals surface area (Å²) in [6.07, 6.45) is 0.463. The Kier molecular flexibility index (Phi) is 3.67. The zero-order valence-corrected chi connectivity index (χ0v) is 13.1. The van der Waals surface area contributed by atoms with Gasteiger partial charge in [0, 0.05) is 28.5 Å². The zero-order valence-electron chi connectivity index (χ0n) is 12.3. The van der Waals surface area contributed by atoms with Gasteiger partial charge in [-0.25, -0.2) is 4.79 Å². The molecular formula is C18H15ClO3. The number of phenolic OH excluding ortho intramolecular Hbond substituents is 1. The van der Waals surface area contributed by atoms with Crippen molar-refractivity contribution in [2.45, 2.75) is 20.3 Å². The molecule has 0 saturated heterocycles. The van der Waals surface area contributed by atoms with Crippen molar-refractivity contribution < 1.29 is 9.52 Å². The molecule has 0 saturated carbocycles. The van der Waals surface area contributed by atoms with Crippen LogP contribution in [0.3, 0.4) is 0 Å². The van der Waals surface area contributed by atoms with Crippen LogP contribution in [0.4, 0.5) is 0 Å². The molecule has 0 aliphatic carbocycles. The van der Waals surface area contributed by atoms with Gasteiger partial charge in [0.25, 0.3) is 0 Å². The molecular weight excluding hydrogens is 300 g/mol. The first-order valence-electron chi connectivity index (χ1n) is 6.96. The highest BCUT2D eigenvalue weighted by Gasteiger charge is 2.13. The third kappa shape index (κ3) is 2.60. The molecule has 0 fully saturated rings. The Bertz CT molecular complexity index is 925. The summed E-state index contributed by atoms with van der Waals surface area (Å²) >= 11 is 6.14. The number of benzene rings is 2. The molecule has 1 aromatic heterocycles. The van der Waals surface area contributed by atoms with E-state index >= 15 is 0 Å². The number of aryl methyl sites for hydroxylation is 2. The van der Waals surface area contributed by atoms with Crippen LogP contribution in [0.2, 0.25) is 5.02 Å². The van der Waals surface area contributed by atoms with Gasteiger partial charge in [0.1, 0.15) is 11.3 Å². The monoisotopic (exact) mass is 314 g/mol. The Labute approximate surface area is 132 Å². The Morgan fingerprint density at radius 3 is 2.64 bits per heavy atom. The zero-order chi connectivity index (χ0) is 15.9. The second-order valence-electron chi connectivity index (χ2n) is 5.43. The predicted octanol–water partition coefficient (Wildman–Crippen LogP) is 4.36. The SMILES string of the molecule is Cc1ccc(Cc2c(C)c3ccc(O)cc3oc2=O)cc1Cl. The van der Waals surface area contributed by atoms with Crippen LogP contribution in [0.1, 0.15) is 22.3 Å². The average Bonchev–Trinajstić information content (AvgIpc) is 2.46. The second-order valence-corrected chi connectivity index (χ2v) is 5.84. The second kappa shape index (κ2) is 5.50. The van der Waals surface area contributed by atoms with Crippen molar-refractivity contribution in [3.05, 3.63) is 74.1 Å². The maximum absolute atomic E-state index is 12.2. The standard InChI is InChI=1S/C18H15ClO3/c1-10-3-4-12(8-16(10)19)7-15-11(2)14-6-5-13(20)9-17(14)22-18(15)21/h3-6,8-9,20H,7H2,1-2H3. The highest BCUT2D eigenvalue weighted by Crippen LogP contribution is 2.25. The fourth-order valence-corrected chi connectivity index (χ4v) is 2.74. The Hall–Kier alpha value is -2.26. The lowest BCUT2D eigenvalue weighted by Gasteiger charge is -2.09. The van der Waals surface area contributed by atoms with E-state index in [9.17, 15) is 9.90 Å². The molecule has 0 amide bonds. The summed E-state index contributed by atoms with van der Waals surface area (Å²) in [6, 6.07) is 10.6. The minimum absolute atomic E-state index is 0.0770. The third-order valence-corrected chi connectivity index (χ3v) is 4.30. The first-order chi connectivity index (χ1) is 10.5. The molecule has 112 valence electrons. The first-order valence-corrected chi connectivity index (χ1v) is 7.34. The lowest BCUT2D eigenvalue weighted by Crippen LogP contribution is -2.11. The van der Waals surface area contributed by atoms with Gasteiger partial charge in [0.15, 0.2) is 0 Å². The fourth-order valence-electron chi connectivity index (χ4n) is 2.54. The number of phenols is 1. The largest absolute Gasteiger partial charge is 0.508 e. The number of halogens is 1. The molecule has 3 aromatic rings. The topological polar surface area (TPSA) is 50.4 Å². The molecule has 3 nitrogen and oxygen atoms in total. The molecule has 0 unspecified atom stereocenters. The van der Waals surface area contributed by atoms with Crippen molar-refractivity contribution >= 4 is 22.6 Å². The van der Waals surface area contributed by atoms with Crippen molar-refractivity contribution in [3.8, 4) is 5.75 Å². The molecule has 0 spiro atoms. The van der Waals surface area contributed by atoms with Gasteiger partial charge < -0.3 is 9.52 Å². The van der Waals surface area contributed by atoms with Crippen molar-refractivity contribution in [2.75, 3.05) is 0 Å². The van der Waals surface area contributed by atoms with Crippen LogP contribution < -0.4 is 5.63 Å². The van der Waals surface area contributed by atoms with Crippen LogP contribution in [-0.2, 0) is 6.42 Å². The Balaban J connectivity index is 2.12. The van der Waals surface area contributed by atoms with E-state index in [4.69, 9.17) is 16.0 Å². The summed E-state index contributed by atoms with van der Waals surface area (Å²) in [5, 5.41) is 11.0. The lowest BCUT2D eigenvalue weighted by molar-refractivity contribution is 0.472. The van der Waals surface area contributed by atoms with Crippen molar-refractivity contribution in [3.63, 3.8) is 0 Å². The molecule has 0 aliphatic heterocycles. The smallest absolute Gasteiger partial charge is 0.340 e. The molecule has 22 heavy (non-hydrogen) atoms. The van der Waals surface area contributed by atoms with Gasteiger partial charge >= 0.3 is 5.63 Å². The molecule has 0 radical (unpaired) electrons. The minimum Gasteiger partial charge on any atom is -0.508 e. The molecule has 2 aromatic carbocycles. The Morgan fingerprint density at radius 1 is 1.14 bits per heavy atom. The predicted molar refractivity (Wildman–Crippen MR) is 87.9 cm³/mol. The normalized spacial score (nSPS) is 11.0. The van der Waals surface area contributed by atoms with Crippen LogP contribution in [0.25, 0.3) is 11.0 Å². The number of rotatable bonds is 2. The van der Waals surface area contributed by atoms with Crippen molar-refractivity contribution in [1.82, 2.24) is 0 Å². The van der Waals surface area contributed by atoms with Crippen molar-refractivity contribution in [2.24, 2.45) is 0 Å². The first kappa shape index (κ1) is 14.7. The average molecular weight is 315 g/mol. The molecule has 3 rings (SSSR count). The highest BCUT2D eigenvalue weighted by molar-refractivity contribution is 6.31. The minimum atomic E-state index is -0.382. The van der Waals surface area contributed by atoms with Gasteiger partial charge in [-0.2, -0.15) is 0 Å². The molecule has 0 aliphatic rings. The van der Waals surface area contributed by atoms with Gasteiger partial charge in [0.05, 0.1) is 0 Å². The van der Waals surface area contributed by atoms with Crippen LogP contribution in [-0.4, -0.2) is 5.11 Å². The summed E-state index contributed by atoms with van der Waals surface area (Å²) < 4.78 is 5.33. The summed E-state index contributed by atoms with van der Waals surface area (Å²) in [5.41, 5.74) is 3.45. The lowest BCUT2D eigenvalue weighted by atomic mass is 9.99. The third-order valence-electron chi connectivity index (χ3n) is 3.89. The van der Waals surface area contributed by atoms with E-state index in [0.717, 1.165) is 22.1 Å². The van der Waals surface area contributed by atoms with Gasteiger partial charge in [-0.15, -0.1) is 0 Å². The molecule has 4 heteroatoms. The molecule has 0 atom stereocenters. The van der Waals surface area contributed by atoms with Crippen LogP contribution in [0, 0.1) is 13.8 Å². The van der Waals surface area contributed by atoms with Gasteiger partial charge in [-0.05, 0) is 48.7 Å². The van der Waals surface area contributed by atoms with Gasteiger partial charge in [0.2, 0.25) is 0 Å². The Morgan fingerprint density at radius 2 is 1.91 bits per heavy atom. The summed E-state index contributed by atoms with van der Waals surface area (Å²) in [4.78, 5) is 12.2.